The first kappa shape index (κ1) is 12.1. The number of rotatable bonds is 3. The highest BCUT2D eigenvalue weighted by Gasteiger charge is 2.16. The summed E-state index contributed by atoms with van der Waals surface area (Å²) in [4.78, 5) is 32.6. The van der Waals surface area contributed by atoms with Crippen LogP contribution in [-0.2, 0) is 0 Å². The summed E-state index contributed by atoms with van der Waals surface area (Å²) in [5.41, 5.74) is -0.134. The van der Waals surface area contributed by atoms with E-state index in [4.69, 9.17) is 16.7 Å². The molecule has 1 amide bonds. The third-order valence-electron chi connectivity index (χ3n) is 2.03. The molecule has 2 aromatic heterocycles. The zero-order valence-electron chi connectivity index (χ0n) is 8.85. The van der Waals surface area contributed by atoms with Gasteiger partial charge in [-0.2, -0.15) is 0 Å². The van der Waals surface area contributed by atoms with Gasteiger partial charge in [0.25, 0.3) is 5.91 Å². The maximum absolute atomic E-state index is 11.7. The predicted molar refractivity (Wildman–Crippen MR) is 62.7 cm³/mol. The normalized spacial score (nSPS) is 10.1. The summed E-state index contributed by atoms with van der Waals surface area (Å²) < 4.78 is 0. The average molecular weight is 267 g/mol. The number of carboxylic acid groups (broad SMARTS) is 1. The van der Waals surface area contributed by atoms with Gasteiger partial charge in [0.2, 0.25) is 0 Å². The molecule has 0 saturated heterocycles. The van der Waals surface area contributed by atoms with E-state index >= 15 is 0 Å². The van der Waals surface area contributed by atoms with Gasteiger partial charge in [-0.05, 0) is 6.07 Å². The lowest BCUT2D eigenvalue weighted by molar-refractivity contribution is 0.0691. The summed E-state index contributed by atoms with van der Waals surface area (Å²) in [5, 5.41) is 11.6. The summed E-state index contributed by atoms with van der Waals surface area (Å²) >= 11 is 5.66. The number of carboxylic acids is 1. The molecule has 0 spiro atoms. The van der Waals surface area contributed by atoms with Crippen LogP contribution in [0.2, 0.25) is 5.02 Å². The molecule has 3 N–H and O–H groups in total. The molecule has 0 radical (unpaired) electrons. The maximum Gasteiger partial charge on any atom is 0.358 e. The molecule has 2 heterocycles. The highest BCUT2D eigenvalue weighted by molar-refractivity contribution is 6.31. The standard InChI is InChI=1S/C10H7ClN4O3/c11-5-3-6(14-4-5)9(16)15-8-7(10(17)18)12-1-2-13-8/h1-4,14H,(H,17,18)(H,13,15,16). The summed E-state index contributed by atoms with van der Waals surface area (Å²) in [6.45, 7) is 0. The third-order valence-corrected chi connectivity index (χ3v) is 2.24. The number of aromatic amines is 1. The zero-order valence-corrected chi connectivity index (χ0v) is 9.60. The number of amides is 1. The molecule has 0 aliphatic rings. The molecule has 0 fully saturated rings. The summed E-state index contributed by atoms with van der Waals surface area (Å²) in [7, 11) is 0. The number of carbonyl (C=O) groups excluding carboxylic acids is 1. The van der Waals surface area contributed by atoms with Crippen LogP contribution in [0.15, 0.2) is 24.7 Å². The molecule has 8 heteroatoms. The Kier molecular flexibility index (Phi) is 3.24. The van der Waals surface area contributed by atoms with E-state index in [1.54, 1.807) is 0 Å². The molecule has 0 aliphatic heterocycles. The van der Waals surface area contributed by atoms with Crippen LogP contribution in [0, 0.1) is 0 Å². The van der Waals surface area contributed by atoms with Crippen LogP contribution < -0.4 is 5.32 Å². The maximum atomic E-state index is 11.7. The first-order valence-corrected chi connectivity index (χ1v) is 5.15. The quantitative estimate of drug-likeness (QED) is 0.778. The Labute approximate surface area is 106 Å². The van der Waals surface area contributed by atoms with Crippen molar-refractivity contribution in [3.8, 4) is 0 Å². The van der Waals surface area contributed by atoms with Crippen LogP contribution in [0.3, 0.4) is 0 Å². The van der Waals surface area contributed by atoms with Crippen molar-refractivity contribution in [2.75, 3.05) is 5.32 Å². The fraction of sp³-hybridized carbons (Fsp3) is 0. The number of carbonyl (C=O) groups is 2. The monoisotopic (exact) mass is 266 g/mol. The highest BCUT2D eigenvalue weighted by atomic mass is 35.5. The van der Waals surface area contributed by atoms with Crippen molar-refractivity contribution in [2.45, 2.75) is 0 Å². The van der Waals surface area contributed by atoms with Gasteiger partial charge in [0.15, 0.2) is 11.5 Å². The van der Waals surface area contributed by atoms with Gasteiger partial charge < -0.3 is 15.4 Å². The van der Waals surface area contributed by atoms with E-state index in [0.29, 0.717) is 5.02 Å². The number of aromatic carboxylic acids is 1. The molecular weight excluding hydrogens is 260 g/mol. The van der Waals surface area contributed by atoms with Crippen molar-refractivity contribution in [1.82, 2.24) is 15.0 Å². The summed E-state index contributed by atoms with van der Waals surface area (Å²) in [6, 6.07) is 1.41. The fourth-order valence-corrected chi connectivity index (χ4v) is 1.42. The van der Waals surface area contributed by atoms with Gasteiger partial charge in [-0.1, -0.05) is 11.6 Å². The Bertz CT molecular complexity index is 611. The molecular formula is C10H7ClN4O3. The van der Waals surface area contributed by atoms with Crippen molar-refractivity contribution in [3.05, 3.63) is 41.1 Å². The largest absolute Gasteiger partial charge is 0.476 e. The van der Waals surface area contributed by atoms with Crippen molar-refractivity contribution >= 4 is 29.3 Å². The van der Waals surface area contributed by atoms with E-state index in [0.717, 1.165) is 0 Å². The summed E-state index contributed by atoms with van der Waals surface area (Å²) in [5.74, 6) is -1.95. The molecule has 7 nitrogen and oxygen atoms in total. The molecule has 0 aliphatic carbocycles. The fourth-order valence-electron chi connectivity index (χ4n) is 1.26. The Hall–Kier alpha value is -2.41. The van der Waals surface area contributed by atoms with Crippen LogP contribution in [0.5, 0.6) is 0 Å². The summed E-state index contributed by atoms with van der Waals surface area (Å²) in [6.07, 6.45) is 3.94. The van der Waals surface area contributed by atoms with E-state index < -0.39 is 11.9 Å². The first-order valence-electron chi connectivity index (χ1n) is 4.77. The minimum Gasteiger partial charge on any atom is -0.476 e. The lowest BCUT2D eigenvalue weighted by atomic mass is 10.3. The number of nitrogens with one attached hydrogen (secondary N) is 2. The molecule has 0 atom stereocenters. The number of nitrogens with zero attached hydrogens (tertiary/aromatic N) is 2. The van der Waals surface area contributed by atoms with Gasteiger partial charge in [-0.15, -0.1) is 0 Å². The SMILES string of the molecule is O=C(Nc1nccnc1C(=O)O)c1cc(Cl)c[nH]1. The van der Waals surface area contributed by atoms with Crippen LogP contribution in [0.4, 0.5) is 5.82 Å². The van der Waals surface area contributed by atoms with Crippen molar-refractivity contribution in [2.24, 2.45) is 0 Å². The second kappa shape index (κ2) is 4.84. The van der Waals surface area contributed by atoms with E-state index in [2.05, 4.69) is 20.3 Å². The first-order chi connectivity index (χ1) is 8.58. The molecule has 0 unspecified atom stereocenters. The molecule has 2 rings (SSSR count). The molecule has 2 aromatic rings. The van der Waals surface area contributed by atoms with Gasteiger partial charge >= 0.3 is 5.97 Å². The number of aromatic nitrogens is 3. The van der Waals surface area contributed by atoms with Crippen LogP contribution in [-0.4, -0.2) is 31.9 Å². The van der Waals surface area contributed by atoms with E-state index in [9.17, 15) is 9.59 Å². The van der Waals surface area contributed by atoms with Crippen LogP contribution >= 0.6 is 11.6 Å². The van der Waals surface area contributed by atoms with Crippen molar-refractivity contribution in [1.29, 1.82) is 0 Å². The molecule has 0 saturated carbocycles. The molecule has 0 aromatic carbocycles. The van der Waals surface area contributed by atoms with Crippen molar-refractivity contribution < 1.29 is 14.7 Å². The van der Waals surface area contributed by atoms with Gasteiger partial charge in [0.1, 0.15) is 5.69 Å². The topological polar surface area (TPSA) is 108 Å². The van der Waals surface area contributed by atoms with Gasteiger partial charge in [-0.25, -0.2) is 14.8 Å². The second-order valence-corrected chi connectivity index (χ2v) is 3.68. The smallest absolute Gasteiger partial charge is 0.358 e. The van der Waals surface area contributed by atoms with Gasteiger partial charge in [0, 0.05) is 18.6 Å². The minimum absolute atomic E-state index is 0.124. The molecule has 0 bridgehead atoms. The van der Waals surface area contributed by atoms with Crippen LogP contribution in [0.1, 0.15) is 21.0 Å². The Morgan fingerprint density at radius 2 is 2.06 bits per heavy atom. The van der Waals surface area contributed by atoms with E-state index in [1.165, 1.54) is 24.7 Å². The van der Waals surface area contributed by atoms with Crippen LogP contribution in [0.25, 0.3) is 0 Å². The number of H-pyrrole nitrogens is 1. The number of hydrogen-bond acceptors (Lipinski definition) is 4. The van der Waals surface area contributed by atoms with Gasteiger partial charge in [-0.3, -0.25) is 4.79 Å². The van der Waals surface area contributed by atoms with E-state index in [1.807, 2.05) is 0 Å². The number of hydrogen-bond donors (Lipinski definition) is 3. The highest BCUT2D eigenvalue weighted by Crippen LogP contribution is 2.13. The Balaban J connectivity index is 2.24. The zero-order chi connectivity index (χ0) is 13.1. The second-order valence-electron chi connectivity index (χ2n) is 3.24. The van der Waals surface area contributed by atoms with Gasteiger partial charge in [0.05, 0.1) is 5.02 Å². The molecule has 92 valence electrons. The molecule has 18 heavy (non-hydrogen) atoms. The average Bonchev–Trinajstić information content (AvgIpc) is 2.76. The lowest BCUT2D eigenvalue weighted by Crippen LogP contribution is -2.17. The minimum atomic E-state index is -1.28. The third kappa shape index (κ3) is 2.46. The van der Waals surface area contributed by atoms with Crippen molar-refractivity contribution in [3.63, 3.8) is 0 Å². The Morgan fingerprint density at radius 3 is 2.67 bits per heavy atom. The number of halogens is 1. The van der Waals surface area contributed by atoms with E-state index in [-0.39, 0.29) is 17.2 Å². The number of anilines is 1. The Morgan fingerprint density at radius 1 is 1.33 bits per heavy atom. The predicted octanol–water partition coefficient (Wildman–Crippen LogP) is 1.41. The lowest BCUT2D eigenvalue weighted by Gasteiger charge is -2.04.